The van der Waals surface area contributed by atoms with Gasteiger partial charge in [0.15, 0.2) is 5.75 Å². The van der Waals surface area contributed by atoms with Crippen LogP contribution in [0.1, 0.15) is 18.4 Å². The molecule has 6 rings (SSSR count). The number of halogens is 2. The highest BCUT2D eigenvalue weighted by Crippen LogP contribution is 2.40. The van der Waals surface area contributed by atoms with E-state index in [-0.39, 0.29) is 15.8 Å². The van der Waals surface area contributed by atoms with Crippen molar-refractivity contribution in [3.05, 3.63) is 70.5 Å². The largest absolute Gasteiger partial charge is 0.505 e. The van der Waals surface area contributed by atoms with Crippen molar-refractivity contribution in [1.82, 2.24) is 14.9 Å². The van der Waals surface area contributed by atoms with Crippen LogP contribution in [0.2, 0.25) is 10.0 Å². The number of pyridine rings is 2. The third-order valence-corrected chi connectivity index (χ3v) is 7.92. The maximum Gasteiger partial charge on any atom is 0.152 e. The molecule has 1 aliphatic carbocycles. The fourth-order valence-corrected chi connectivity index (χ4v) is 5.39. The lowest BCUT2D eigenvalue weighted by molar-refractivity contribution is 0.312. The summed E-state index contributed by atoms with van der Waals surface area (Å²) in [5.74, 6) is 1.63. The fraction of sp³-hybridized carbons (Fsp3) is 0.310. The first-order chi connectivity index (χ1) is 17.9. The van der Waals surface area contributed by atoms with E-state index in [1.54, 1.807) is 12.1 Å². The van der Waals surface area contributed by atoms with Crippen LogP contribution in [0.5, 0.6) is 5.75 Å². The van der Waals surface area contributed by atoms with E-state index in [2.05, 4.69) is 40.4 Å². The summed E-state index contributed by atoms with van der Waals surface area (Å²) in [5, 5.41) is 15.2. The van der Waals surface area contributed by atoms with E-state index < -0.39 is 0 Å². The van der Waals surface area contributed by atoms with E-state index in [0.29, 0.717) is 0 Å². The lowest BCUT2D eigenvalue weighted by atomic mass is 9.99. The number of rotatable bonds is 6. The Hall–Kier alpha value is -3.06. The van der Waals surface area contributed by atoms with Crippen LogP contribution in [0, 0.1) is 5.92 Å². The molecular formula is C29H29Cl2N5O. The Morgan fingerprint density at radius 3 is 2.35 bits per heavy atom. The highest BCUT2D eigenvalue weighted by Gasteiger charge is 2.24. The Labute approximate surface area is 226 Å². The van der Waals surface area contributed by atoms with Crippen LogP contribution in [-0.4, -0.2) is 53.2 Å². The summed E-state index contributed by atoms with van der Waals surface area (Å²) in [6, 6.07) is 13.8. The van der Waals surface area contributed by atoms with Crippen molar-refractivity contribution in [2.75, 3.05) is 43.4 Å². The van der Waals surface area contributed by atoms with Crippen molar-refractivity contribution < 1.29 is 5.11 Å². The second kappa shape index (κ2) is 10.0. The van der Waals surface area contributed by atoms with E-state index in [1.165, 1.54) is 18.4 Å². The van der Waals surface area contributed by atoms with Gasteiger partial charge in [-0.15, -0.1) is 0 Å². The standard InChI is InChI=1S/C29H29Cl2N5O/c1-35-8-10-36(11-9-35)27-7-5-22(17-33-27)34-28-21(12-18-2-3-18)16-32-26-6-4-19(13-23(26)28)20-14-24(30)29(37)25(31)15-20/h4-7,13-18,37H,2-3,8-12H2,1H3,(H,32,34). The van der Waals surface area contributed by atoms with Gasteiger partial charge in [-0.2, -0.15) is 0 Å². The van der Waals surface area contributed by atoms with Gasteiger partial charge < -0.3 is 20.2 Å². The summed E-state index contributed by atoms with van der Waals surface area (Å²) in [6.45, 7) is 4.08. The van der Waals surface area contributed by atoms with Gasteiger partial charge in [-0.25, -0.2) is 4.98 Å². The van der Waals surface area contributed by atoms with Gasteiger partial charge in [-0.1, -0.05) is 29.3 Å². The van der Waals surface area contributed by atoms with Crippen LogP contribution in [0.15, 0.2) is 54.9 Å². The molecule has 2 aromatic carbocycles. The molecule has 0 unspecified atom stereocenters. The number of hydrogen-bond acceptors (Lipinski definition) is 6. The Bertz CT molecular complexity index is 1420. The smallest absolute Gasteiger partial charge is 0.152 e. The average Bonchev–Trinajstić information content (AvgIpc) is 3.73. The number of piperazine rings is 1. The third-order valence-electron chi connectivity index (χ3n) is 7.35. The van der Waals surface area contributed by atoms with Gasteiger partial charge in [-0.05, 0) is 85.3 Å². The van der Waals surface area contributed by atoms with Crippen molar-refractivity contribution in [2.24, 2.45) is 5.92 Å². The molecule has 1 aliphatic heterocycles. The van der Waals surface area contributed by atoms with Crippen LogP contribution in [0.25, 0.3) is 22.0 Å². The first kappa shape index (κ1) is 24.3. The molecule has 2 aliphatic rings. The van der Waals surface area contributed by atoms with Gasteiger partial charge in [0.2, 0.25) is 0 Å². The van der Waals surface area contributed by atoms with E-state index >= 15 is 0 Å². The second-order valence-corrected chi connectivity index (χ2v) is 11.0. The monoisotopic (exact) mass is 533 g/mol. The first-order valence-electron chi connectivity index (χ1n) is 12.7. The number of hydrogen-bond donors (Lipinski definition) is 2. The zero-order chi connectivity index (χ0) is 25.5. The topological polar surface area (TPSA) is 64.5 Å². The summed E-state index contributed by atoms with van der Waals surface area (Å²) in [7, 11) is 2.16. The predicted molar refractivity (Wildman–Crippen MR) is 153 cm³/mol. The third kappa shape index (κ3) is 5.19. The number of nitrogens with one attached hydrogen (secondary N) is 1. The van der Waals surface area contributed by atoms with Crippen LogP contribution in [-0.2, 0) is 6.42 Å². The Kier molecular flexibility index (Phi) is 6.57. The Morgan fingerprint density at radius 2 is 1.68 bits per heavy atom. The molecule has 1 saturated heterocycles. The van der Waals surface area contributed by atoms with E-state index in [1.807, 2.05) is 24.5 Å². The van der Waals surface area contributed by atoms with Gasteiger partial charge in [0, 0.05) is 37.8 Å². The van der Waals surface area contributed by atoms with Gasteiger partial charge in [-0.3, -0.25) is 4.98 Å². The number of likely N-dealkylation sites (N-methyl/N-ethyl adjacent to an activating group) is 1. The molecule has 6 nitrogen and oxygen atoms in total. The zero-order valence-corrected chi connectivity index (χ0v) is 22.2. The lowest BCUT2D eigenvalue weighted by Gasteiger charge is -2.33. The SMILES string of the molecule is CN1CCN(c2ccc(Nc3c(CC4CC4)cnc4ccc(-c5cc(Cl)c(O)c(Cl)c5)cc34)cn2)CC1. The predicted octanol–water partition coefficient (Wildman–Crippen LogP) is 6.76. The van der Waals surface area contributed by atoms with E-state index in [0.717, 1.165) is 77.7 Å². The summed E-state index contributed by atoms with van der Waals surface area (Å²) >= 11 is 12.4. The number of nitrogens with zero attached hydrogens (tertiary/aromatic N) is 4. The number of phenolic OH excluding ortho intramolecular Hbond substituents is 1. The molecule has 8 heteroatoms. The van der Waals surface area contributed by atoms with Gasteiger partial charge >= 0.3 is 0 Å². The van der Waals surface area contributed by atoms with Gasteiger partial charge in [0.25, 0.3) is 0 Å². The maximum absolute atomic E-state index is 10.0. The molecule has 190 valence electrons. The molecule has 1 saturated carbocycles. The first-order valence-corrected chi connectivity index (χ1v) is 13.5. The molecule has 0 spiro atoms. The van der Waals surface area contributed by atoms with Crippen molar-refractivity contribution in [2.45, 2.75) is 19.3 Å². The van der Waals surface area contributed by atoms with Crippen molar-refractivity contribution in [3.63, 3.8) is 0 Å². The molecule has 0 atom stereocenters. The highest BCUT2D eigenvalue weighted by molar-refractivity contribution is 6.37. The molecule has 4 aromatic rings. The average molecular weight is 534 g/mol. The fourth-order valence-electron chi connectivity index (χ4n) is 4.91. The molecule has 0 radical (unpaired) electrons. The quantitative estimate of drug-likeness (QED) is 0.285. The van der Waals surface area contributed by atoms with Crippen molar-refractivity contribution >= 4 is 51.3 Å². The van der Waals surface area contributed by atoms with Gasteiger partial charge in [0.1, 0.15) is 5.82 Å². The van der Waals surface area contributed by atoms with E-state index in [9.17, 15) is 5.11 Å². The summed E-state index contributed by atoms with van der Waals surface area (Å²) in [6.07, 6.45) is 7.46. The summed E-state index contributed by atoms with van der Waals surface area (Å²) in [4.78, 5) is 14.2. The maximum atomic E-state index is 10.0. The number of anilines is 3. The molecular weight excluding hydrogens is 505 g/mol. The highest BCUT2D eigenvalue weighted by atomic mass is 35.5. The van der Waals surface area contributed by atoms with Crippen molar-refractivity contribution in [1.29, 1.82) is 0 Å². The van der Waals surface area contributed by atoms with Gasteiger partial charge in [0.05, 0.1) is 33.1 Å². The number of aromatic nitrogens is 2. The molecule has 2 fully saturated rings. The summed E-state index contributed by atoms with van der Waals surface area (Å²) in [5.41, 5.74) is 5.91. The number of phenols is 1. The van der Waals surface area contributed by atoms with Crippen molar-refractivity contribution in [3.8, 4) is 16.9 Å². The Morgan fingerprint density at radius 1 is 0.919 bits per heavy atom. The lowest BCUT2D eigenvalue weighted by Crippen LogP contribution is -2.44. The number of fused-ring (bicyclic) bond motifs is 1. The second-order valence-electron chi connectivity index (χ2n) is 10.1. The van der Waals surface area contributed by atoms with E-state index in [4.69, 9.17) is 33.2 Å². The minimum absolute atomic E-state index is 0.101. The Balaban J connectivity index is 1.36. The number of benzene rings is 2. The summed E-state index contributed by atoms with van der Waals surface area (Å²) < 4.78 is 0. The van der Waals surface area contributed by atoms with Crippen LogP contribution in [0.4, 0.5) is 17.2 Å². The number of aromatic hydroxyl groups is 1. The van der Waals surface area contributed by atoms with Crippen LogP contribution >= 0.6 is 23.2 Å². The molecule has 0 bridgehead atoms. The minimum Gasteiger partial charge on any atom is -0.505 e. The molecule has 37 heavy (non-hydrogen) atoms. The van der Waals surface area contributed by atoms with Crippen LogP contribution < -0.4 is 10.2 Å². The normalized spacial score (nSPS) is 16.4. The molecule has 0 amide bonds. The minimum atomic E-state index is -0.101. The zero-order valence-electron chi connectivity index (χ0n) is 20.7. The molecule has 2 N–H and O–H groups in total. The molecule has 3 heterocycles. The molecule has 2 aromatic heterocycles. The van der Waals surface area contributed by atoms with Crippen LogP contribution in [0.3, 0.4) is 0 Å².